The summed E-state index contributed by atoms with van der Waals surface area (Å²) in [5.41, 5.74) is 1.73. The second kappa shape index (κ2) is 5.77. The van der Waals surface area contributed by atoms with Crippen LogP contribution in [0.3, 0.4) is 0 Å². The Morgan fingerprint density at radius 1 is 1.35 bits per heavy atom. The van der Waals surface area contributed by atoms with E-state index in [9.17, 15) is 5.11 Å². The van der Waals surface area contributed by atoms with Gasteiger partial charge in [-0.05, 0) is 31.5 Å². The summed E-state index contributed by atoms with van der Waals surface area (Å²) < 4.78 is 5.74. The number of aromatic nitrogens is 1. The number of aliphatic hydroxyl groups excluding tert-OH is 1. The molecule has 1 aromatic carbocycles. The van der Waals surface area contributed by atoms with Crippen molar-refractivity contribution in [2.75, 3.05) is 20.2 Å². The Bertz CT molecular complexity index is 596. The smallest absolute Gasteiger partial charge is 0.214 e. The third-order valence-corrected chi connectivity index (χ3v) is 3.81. The molecule has 4 heteroatoms. The van der Waals surface area contributed by atoms with Gasteiger partial charge in [-0.3, -0.25) is 0 Å². The number of aliphatic hydroxyl groups is 1. The number of hydrogen-bond acceptors (Lipinski definition) is 4. The predicted molar refractivity (Wildman–Crippen MR) is 78.8 cm³/mol. The van der Waals surface area contributed by atoms with Gasteiger partial charge in [0.15, 0.2) is 0 Å². The number of hydrogen-bond donors (Lipinski definition) is 1. The summed E-state index contributed by atoms with van der Waals surface area (Å²) in [6.07, 6.45) is 2.61. The van der Waals surface area contributed by atoms with Crippen LogP contribution in [0.5, 0.6) is 5.88 Å². The molecule has 0 saturated heterocycles. The second-order valence-corrected chi connectivity index (χ2v) is 5.36. The molecule has 1 N–H and O–H groups in total. The standard InChI is InChI=1S/C16H20N2O2/c1-18(13-6-7-13)8-9-20-16-10-12(11-19)14-4-2-3-5-15(14)17-16/h2-5,10,13,19H,6-9,11H2,1H3. The molecule has 0 unspecified atom stereocenters. The summed E-state index contributed by atoms with van der Waals surface area (Å²) in [7, 11) is 2.13. The van der Waals surface area contributed by atoms with Crippen LogP contribution in [0.2, 0.25) is 0 Å². The molecule has 1 saturated carbocycles. The van der Waals surface area contributed by atoms with E-state index in [0.29, 0.717) is 12.5 Å². The lowest BCUT2D eigenvalue weighted by Crippen LogP contribution is -2.26. The number of pyridine rings is 1. The van der Waals surface area contributed by atoms with Crippen LogP contribution in [0, 0.1) is 0 Å². The normalized spacial score (nSPS) is 14.9. The van der Waals surface area contributed by atoms with Crippen LogP contribution in [0.1, 0.15) is 18.4 Å². The third-order valence-electron chi connectivity index (χ3n) is 3.81. The quantitative estimate of drug-likeness (QED) is 0.875. The number of nitrogens with zero attached hydrogens (tertiary/aromatic N) is 2. The minimum Gasteiger partial charge on any atom is -0.476 e. The summed E-state index contributed by atoms with van der Waals surface area (Å²) in [5.74, 6) is 0.594. The van der Waals surface area contributed by atoms with Crippen molar-refractivity contribution in [3.05, 3.63) is 35.9 Å². The summed E-state index contributed by atoms with van der Waals surface area (Å²) in [6.45, 7) is 1.54. The Hall–Kier alpha value is -1.65. The predicted octanol–water partition coefficient (Wildman–Crippen LogP) is 2.20. The zero-order valence-corrected chi connectivity index (χ0v) is 11.7. The van der Waals surface area contributed by atoms with Crippen LogP contribution in [0.25, 0.3) is 10.9 Å². The van der Waals surface area contributed by atoms with Gasteiger partial charge >= 0.3 is 0 Å². The maximum atomic E-state index is 9.46. The highest BCUT2D eigenvalue weighted by atomic mass is 16.5. The van der Waals surface area contributed by atoms with Gasteiger partial charge in [0.25, 0.3) is 0 Å². The lowest BCUT2D eigenvalue weighted by Gasteiger charge is -2.16. The monoisotopic (exact) mass is 272 g/mol. The highest BCUT2D eigenvalue weighted by Crippen LogP contribution is 2.25. The second-order valence-electron chi connectivity index (χ2n) is 5.36. The molecule has 1 aliphatic carbocycles. The lowest BCUT2D eigenvalue weighted by molar-refractivity contribution is 0.226. The van der Waals surface area contributed by atoms with Crippen molar-refractivity contribution in [1.82, 2.24) is 9.88 Å². The van der Waals surface area contributed by atoms with E-state index in [1.54, 1.807) is 0 Å². The molecule has 2 aromatic rings. The van der Waals surface area contributed by atoms with E-state index in [-0.39, 0.29) is 6.61 Å². The maximum absolute atomic E-state index is 9.46. The fourth-order valence-corrected chi connectivity index (χ4v) is 2.42. The van der Waals surface area contributed by atoms with E-state index in [4.69, 9.17) is 4.74 Å². The number of benzene rings is 1. The first-order valence-electron chi connectivity index (χ1n) is 7.10. The Balaban J connectivity index is 1.70. The van der Waals surface area contributed by atoms with Crippen LogP contribution in [0.15, 0.2) is 30.3 Å². The molecule has 20 heavy (non-hydrogen) atoms. The zero-order chi connectivity index (χ0) is 13.9. The molecule has 0 atom stereocenters. The molecule has 1 aliphatic rings. The maximum Gasteiger partial charge on any atom is 0.214 e. The molecule has 4 nitrogen and oxygen atoms in total. The first kappa shape index (κ1) is 13.3. The Labute approximate surface area is 119 Å². The van der Waals surface area contributed by atoms with Crippen molar-refractivity contribution in [3.8, 4) is 5.88 Å². The molecule has 0 spiro atoms. The molecule has 0 radical (unpaired) electrons. The van der Waals surface area contributed by atoms with Gasteiger partial charge in [0.05, 0.1) is 12.1 Å². The van der Waals surface area contributed by atoms with Gasteiger partial charge in [0.1, 0.15) is 6.61 Å². The number of likely N-dealkylation sites (N-methyl/N-ethyl adjacent to an activating group) is 1. The van der Waals surface area contributed by atoms with Crippen molar-refractivity contribution in [2.45, 2.75) is 25.5 Å². The van der Waals surface area contributed by atoms with E-state index >= 15 is 0 Å². The van der Waals surface area contributed by atoms with Gasteiger partial charge in [-0.2, -0.15) is 0 Å². The fraction of sp³-hybridized carbons (Fsp3) is 0.438. The first-order valence-corrected chi connectivity index (χ1v) is 7.10. The van der Waals surface area contributed by atoms with Crippen LogP contribution in [0.4, 0.5) is 0 Å². The van der Waals surface area contributed by atoms with Crippen LogP contribution in [-0.4, -0.2) is 41.2 Å². The van der Waals surface area contributed by atoms with E-state index in [1.165, 1.54) is 12.8 Å². The summed E-state index contributed by atoms with van der Waals surface area (Å²) in [5, 5.41) is 10.4. The SMILES string of the molecule is CN(CCOc1cc(CO)c2ccccc2n1)C1CC1. The molecule has 1 aromatic heterocycles. The molecule has 106 valence electrons. The van der Waals surface area contributed by atoms with Crippen molar-refractivity contribution in [1.29, 1.82) is 0 Å². The topological polar surface area (TPSA) is 45.6 Å². The molecular formula is C16H20N2O2. The van der Waals surface area contributed by atoms with E-state index in [2.05, 4.69) is 16.9 Å². The zero-order valence-electron chi connectivity index (χ0n) is 11.7. The molecule has 0 aliphatic heterocycles. The van der Waals surface area contributed by atoms with Crippen molar-refractivity contribution < 1.29 is 9.84 Å². The summed E-state index contributed by atoms with van der Waals surface area (Å²) in [6, 6.07) is 10.4. The minimum atomic E-state index is 0.00136. The number of para-hydroxylation sites is 1. The number of fused-ring (bicyclic) bond motifs is 1. The number of rotatable bonds is 6. The lowest BCUT2D eigenvalue weighted by atomic mass is 10.1. The van der Waals surface area contributed by atoms with Crippen LogP contribution < -0.4 is 4.74 Å². The third kappa shape index (κ3) is 2.92. The molecule has 1 heterocycles. The van der Waals surface area contributed by atoms with Crippen LogP contribution >= 0.6 is 0 Å². The van der Waals surface area contributed by atoms with Gasteiger partial charge in [-0.1, -0.05) is 18.2 Å². The van der Waals surface area contributed by atoms with Gasteiger partial charge in [-0.15, -0.1) is 0 Å². The van der Waals surface area contributed by atoms with Gasteiger partial charge in [0, 0.05) is 24.0 Å². The highest BCUT2D eigenvalue weighted by Gasteiger charge is 2.25. The van der Waals surface area contributed by atoms with E-state index in [0.717, 1.165) is 29.1 Å². The summed E-state index contributed by atoms with van der Waals surface area (Å²) >= 11 is 0. The largest absolute Gasteiger partial charge is 0.476 e. The van der Waals surface area contributed by atoms with E-state index < -0.39 is 0 Å². The van der Waals surface area contributed by atoms with Crippen molar-refractivity contribution in [2.24, 2.45) is 0 Å². The number of ether oxygens (including phenoxy) is 1. The molecule has 0 bridgehead atoms. The van der Waals surface area contributed by atoms with Crippen molar-refractivity contribution >= 4 is 10.9 Å². The summed E-state index contributed by atoms with van der Waals surface area (Å²) in [4.78, 5) is 6.82. The highest BCUT2D eigenvalue weighted by molar-refractivity contribution is 5.82. The molecule has 1 fully saturated rings. The fourth-order valence-electron chi connectivity index (χ4n) is 2.42. The van der Waals surface area contributed by atoms with E-state index in [1.807, 2.05) is 30.3 Å². The molecular weight excluding hydrogens is 252 g/mol. The average Bonchev–Trinajstić information content (AvgIpc) is 3.31. The Kier molecular flexibility index (Phi) is 3.85. The van der Waals surface area contributed by atoms with Crippen LogP contribution in [-0.2, 0) is 6.61 Å². The van der Waals surface area contributed by atoms with Gasteiger partial charge < -0.3 is 14.7 Å². The van der Waals surface area contributed by atoms with Gasteiger partial charge in [-0.25, -0.2) is 4.98 Å². The molecule has 0 amide bonds. The Morgan fingerprint density at radius 3 is 2.90 bits per heavy atom. The first-order chi connectivity index (χ1) is 9.78. The van der Waals surface area contributed by atoms with Crippen molar-refractivity contribution in [3.63, 3.8) is 0 Å². The van der Waals surface area contributed by atoms with Gasteiger partial charge in [0.2, 0.25) is 5.88 Å². The molecule has 3 rings (SSSR count). The minimum absolute atomic E-state index is 0.00136. The average molecular weight is 272 g/mol. The Morgan fingerprint density at radius 2 is 2.15 bits per heavy atom.